The third-order valence-electron chi connectivity index (χ3n) is 4.88. The van der Waals surface area contributed by atoms with Gasteiger partial charge in [0.15, 0.2) is 10.5 Å². The fraction of sp³-hybridized carbons (Fsp3) is 0.174. The largest absolute Gasteiger partial charge is 0.463 e. The molecular weight excluding hydrogens is 477 g/mol. The van der Waals surface area contributed by atoms with E-state index in [2.05, 4.69) is 4.99 Å². The smallest absolute Gasteiger partial charge is 0.434 e. The number of halogens is 4. The van der Waals surface area contributed by atoms with Crippen LogP contribution in [0.4, 0.5) is 13.2 Å². The monoisotopic (exact) mass is 492 g/mol. The number of alkyl halides is 3. The lowest BCUT2D eigenvalue weighted by molar-refractivity contribution is -0.140. The van der Waals surface area contributed by atoms with Crippen molar-refractivity contribution in [3.8, 4) is 0 Å². The first-order valence-corrected chi connectivity index (χ1v) is 11.0. The quantitative estimate of drug-likeness (QED) is 0.517. The van der Waals surface area contributed by atoms with Crippen molar-refractivity contribution < 1.29 is 22.7 Å². The summed E-state index contributed by atoms with van der Waals surface area (Å²) in [6, 6.07) is 13.4. The second kappa shape index (κ2) is 8.99. The van der Waals surface area contributed by atoms with Gasteiger partial charge in [0.1, 0.15) is 0 Å². The van der Waals surface area contributed by atoms with E-state index in [4.69, 9.17) is 16.3 Å². The summed E-state index contributed by atoms with van der Waals surface area (Å²) in [7, 11) is 0. The molecule has 0 unspecified atom stereocenters. The summed E-state index contributed by atoms with van der Waals surface area (Å²) in [5, 5.41) is 0.355. The Hall–Kier alpha value is -3.17. The highest BCUT2D eigenvalue weighted by Gasteiger charge is 2.45. The number of rotatable bonds is 4. The normalized spacial score (nSPS) is 16.4. The highest BCUT2D eigenvalue weighted by molar-refractivity contribution is 7.07. The van der Waals surface area contributed by atoms with Crippen LogP contribution in [0, 0.1) is 0 Å². The van der Waals surface area contributed by atoms with Gasteiger partial charge in [-0.25, -0.2) is 9.79 Å². The van der Waals surface area contributed by atoms with Gasteiger partial charge in [0.05, 0.1) is 22.8 Å². The van der Waals surface area contributed by atoms with E-state index < -0.39 is 35.0 Å². The van der Waals surface area contributed by atoms with Crippen molar-refractivity contribution in [2.75, 3.05) is 6.61 Å². The van der Waals surface area contributed by atoms with E-state index in [1.54, 1.807) is 36.4 Å². The van der Waals surface area contributed by atoms with Gasteiger partial charge in [0.25, 0.3) is 5.56 Å². The number of fused-ring (bicyclic) bond motifs is 1. The van der Waals surface area contributed by atoms with Crippen LogP contribution in [0.25, 0.3) is 6.08 Å². The fourth-order valence-electron chi connectivity index (χ4n) is 3.50. The predicted octanol–water partition coefficient (Wildman–Crippen LogP) is 3.99. The first kappa shape index (κ1) is 23.0. The van der Waals surface area contributed by atoms with Crippen molar-refractivity contribution >= 4 is 35.0 Å². The summed E-state index contributed by atoms with van der Waals surface area (Å²) in [5.41, 5.74) is -1.72. The number of benzene rings is 2. The Balaban J connectivity index is 2.06. The van der Waals surface area contributed by atoms with E-state index in [1.165, 1.54) is 31.2 Å². The van der Waals surface area contributed by atoms with Crippen LogP contribution in [-0.2, 0) is 9.53 Å². The molecule has 3 aromatic rings. The zero-order chi connectivity index (χ0) is 23.8. The average molecular weight is 493 g/mol. The van der Waals surface area contributed by atoms with Gasteiger partial charge < -0.3 is 4.74 Å². The van der Waals surface area contributed by atoms with Gasteiger partial charge in [-0.3, -0.25) is 9.36 Å². The lowest BCUT2D eigenvalue weighted by Crippen LogP contribution is -2.41. The first-order chi connectivity index (χ1) is 15.7. The first-order valence-electron chi connectivity index (χ1n) is 9.81. The number of hydrogen-bond acceptors (Lipinski definition) is 5. The number of nitrogens with zero attached hydrogens (tertiary/aromatic N) is 2. The molecule has 5 nitrogen and oxygen atoms in total. The second-order valence-corrected chi connectivity index (χ2v) is 8.47. The molecule has 0 saturated carbocycles. The molecule has 0 fully saturated rings. The van der Waals surface area contributed by atoms with Crippen molar-refractivity contribution in [2.24, 2.45) is 4.99 Å². The van der Waals surface area contributed by atoms with E-state index >= 15 is 0 Å². The Morgan fingerprint density at radius 2 is 1.85 bits per heavy atom. The van der Waals surface area contributed by atoms with Crippen molar-refractivity contribution in [3.63, 3.8) is 0 Å². The molecule has 0 aliphatic carbocycles. The van der Waals surface area contributed by atoms with Crippen LogP contribution in [0.2, 0.25) is 5.02 Å². The maximum Gasteiger partial charge on any atom is 0.434 e. The Labute approximate surface area is 194 Å². The molecule has 33 heavy (non-hydrogen) atoms. The molecule has 1 aromatic heterocycles. The number of thiazole rings is 1. The molecule has 1 aliphatic heterocycles. The van der Waals surface area contributed by atoms with Crippen LogP contribution in [-0.4, -0.2) is 23.3 Å². The summed E-state index contributed by atoms with van der Waals surface area (Å²) in [4.78, 5) is 29.6. The molecule has 0 bridgehead atoms. The van der Waals surface area contributed by atoms with E-state index in [1.807, 2.05) is 0 Å². The van der Waals surface area contributed by atoms with Crippen LogP contribution in [0.3, 0.4) is 0 Å². The molecule has 0 amide bonds. The number of esters is 1. The zero-order valence-electron chi connectivity index (χ0n) is 17.1. The minimum absolute atomic E-state index is 0.140. The Bertz CT molecular complexity index is 1410. The maximum absolute atomic E-state index is 14.0. The van der Waals surface area contributed by atoms with Gasteiger partial charge in [-0.1, -0.05) is 65.4 Å². The van der Waals surface area contributed by atoms with Gasteiger partial charge in [0, 0.05) is 5.02 Å². The van der Waals surface area contributed by atoms with Gasteiger partial charge in [-0.05, 0) is 36.3 Å². The predicted molar refractivity (Wildman–Crippen MR) is 119 cm³/mol. The molecule has 1 aliphatic rings. The summed E-state index contributed by atoms with van der Waals surface area (Å²) in [5.74, 6) is -1.19. The lowest BCUT2D eigenvalue weighted by Gasteiger charge is -2.26. The Kier molecular flexibility index (Phi) is 6.27. The van der Waals surface area contributed by atoms with Crippen molar-refractivity contribution in [2.45, 2.75) is 19.1 Å². The average Bonchev–Trinajstić information content (AvgIpc) is 3.08. The number of carbonyl (C=O) groups excluding carboxylic acids is 1. The van der Waals surface area contributed by atoms with E-state index in [0.29, 0.717) is 10.6 Å². The van der Waals surface area contributed by atoms with Crippen LogP contribution < -0.4 is 14.9 Å². The molecule has 0 radical (unpaired) electrons. The van der Waals surface area contributed by atoms with E-state index in [0.717, 1.165) is 15.9 Å². The molecule has 10 heteroatoms. The number of aromatic nitrogens is 1. The SMILES string of the molecule is CCOC(=O)C1=C(C(F)(F)F)N=c2s/c(=C\c3ccccc3)c(=O)n2[C@@H]1c1ccc(Cl)cc1. The number of ether oxygens (including phenoxy) is 1. The van der Waals surface area contributed by atoms with Gasteiger partial charge in [0.2, 0.25) is 0 Å². The van der Waals surface area contributed by atoms with Crippen LogP contribution in [0.15, 0.2) is 75.7 Å². The Morgan fingerprint density at radius 3 is 2.45 bits per heavy atom. The Morgan fingerprint density at radius 1 is 1.18 bits per heavy atom. The highest BCUT2D eigenvalue weighted by Crippen LogP contribution is 2.38. The number of carbonyl (C=O) groups is 1. The molecule has 0 spiro atoms. The molecular formula is C23H16ClF3N2O3S. The lowest BCUT2D eigenvalue weighted by atomic mass is 9.95. The minimum Gasteiger partial charge on any atom is -0.463 e. The van der Waals surface area contributed by atoms with E-state index in [-0.39, 0.29) is 21.5 Å². The van der Waals surface area contributed by atoms with Gasteiger partial charge in [-0.2, -0.15) is 13.2 Å². The van der Waals surface area contributed by atoms with Crippen molar-refractivity contribution in [3.05, 3.63) is 102 Å². The van der Waals surface area contributed by atoms with E-state index in [9.17, 15) is 22.8 Å². The summed E-state index contributed by atoms with van der Waals surface area (Å²) < 4.78 is 48.3. The third-order valence-corrected chi connectivity index (χ3v) is 6.11. The fourth-order valence-corrected chi connectivity index (χ4v) is 4.63. The van der Waals surface area contributed by atoms with Crippen molar-refractivity contribution in [1.29, 1.82) is 0 Å². The molecule has 4 rings (SSSR count). The molecule has 2 aromatic carbocycles. The van der Waals surface area contributed by atoms with Crippen LogP contribution in [0.1, 0.15) is 24.1 Å². The molecule has 0 saturated heterocycles. The standard InChI is InChI=1S/C23H16ClF3N2O3S/c1-2-32-21(31)17-18(14-8-10-15(24)11-9-14)29-20(30)16(12-13-6-4-3-5-7-13)33-22(29)28-19(17)23(25,26)27/h3-12,18H,2H2,1H3/b16-12-/t18-/m1/s1. The van der Waals surface area contributed by atoms with Crippen molar-refractivity contribution in [1.82, 2.24) is 4.57 Å². The minimum atomic E-state index is -4.94. The summed E-state index contributed by atoms with van der Waals surface area (Å²) in [6.45, 7) is 1.34. The summed E-state index contributed by atoms with van der Waals surface area (Å²) in [6.07, 6.45) is -3.37. The van der Waals surface area contributed by atoms with Gasteiger partial charge >= 0.3 is 12.1 Å². The van der Waals surface area contributed by atoms with Gasteiger partial charge in [-0.15, -0.1) is 0 Å². The maximum atomic E-state index is 14.0. The van der Waals surface area contributed by atoms with Crippen LogP contribution in [0.5, 0.6) is 0 Å². The molecule has 170 valence electrons. The second-order valence-electron chi connectivity index (χ2n) is 7.03. The molecule has 2 heterocycles. The zero-order valence-corrected chi connectivity index (χ0v) is 18.7. The third kappa shape index (κ3) is 4.51. The molecule has 1 atom stereocenters. The van der Waals surface area contributed by atoms with Crippen LogP contribution >= 0.6 is 22.9 Å². The molecule has 0 N–H and O–H groups in total. The topological polar surface area (TPSA) is 60.7 Å². The number of hydrogen-bond donors (Lipinski definition) is 0. The summed E-state index contributed by atoms with van der Waals surface area (Å²) >= 11 is 6.77. The highest BCUT2D eigenvalue weighted by atomic mass is 35.5. The number of allylic oxidation sites excluding steroid dienone is 1.